The Labute approximate surface area is 486 Å². The predicted octanol–water partition coefficient (Wildman–Crippen LogP) is 19.8. The first-order chi connectivity index (χ1) is 41.0. The Kier molecular flexibility index (Phi) is 11.0. The number of ether oxygens (including phenoxy) is 1. The average molecular weight is 1060 g/mol. The van der Waals surface area contributed by atoms with Gasteiger partial charge in [0.2, 0.25) is 0 Å². The summed E-state index contributed by atoms with van der Waals surface area (Å²) in [7, 11) is 0. The first kappa shape index (κ1) is 44.8. The van der Waals surface area contributed by atoms with E-state index < -0.39 is 37.1 Å². The summed E-state index contributed by atoms with van der Waals surface area (Å²) in [5.41, 5.74) is 14.8. The van der Waals surface area contributed by atoms with Crippen LogP contribution in [-0.2, 0) is 27.1 Å². The molecule has 404 valence electrons. The number of imidazole rings is 1. The van der Waals surface area contributed by atoms with Crippen LogP contribution >= 0.6 is 0 Å². The van der Waals surface area contributed by atoms with Gasteiger partial charge < -0.3 is 4.74 Å². The Morgan fingerprint density at radius 2 is 1.14 bits per heavy atom. The third kappa shape index (κ3) is 10.3. The maximum atomic E-state index is 8.72. The molecule has 0 aliphatic carbocycles. The predicted molar refractivity (Wildman–Crippen MR) is 337 cm³/mol. The summed E-state index contributed by atoms with van der Waals surface area (Å²) in [4.78, 5) is 4.80. The molecule has 0 fully saturated rings. The van der Waals surface area contributed by atoms with E-state index in [0.29, 0.717) is 17.0 Å². The van der Waals surface area contributed by atoms with Crippen molar-refractivity contribution < 1.29 is 20.3 Å². The average Bonchev–Trinajstić information content (AvgIpc) is 1.56. The molecule has 0 bridgehead atoms. The molecule has 11 rings (SSSR count). The molecule has 0 spiro atoms. The third-order valence-electron chi connectivity index (χ3n) is 15.5. The zero-order chi connectivity index (χ0) is 63.7. The molecule has 80 heavy (non-hydrogen) atoms. The Hall–Kier alpha value is -8.02. The van der Waals surface area contributed by atoms with Gasteiger partial charge in [0.05, 0.1) is 40.3 Å². The minimum absolute atomic E-state index is 0.0660. The number of aromatic nitrogens is 4. The van der Waals surface area contributed by atoms with Crippen molar-refractivity contribution in [3.63, 3.8) is 0 Å². The van der Waals surface area contributed by atoms with Gasteiger partial charge in [-0.3, -0.25) is 13.7 Å². The molecule has 0 unspecified atom stereocenters. The van der Waals surface area contributed by atoms with Gasteiger partial charge in [-0.2, -0.15) is 0 Å². The van der Waals surface area contributed by atoms with Gasteiger partial charge in [-0.25, -0.2) is 4.98 Å². The lowest BCUT2D eigenvalue weighted by molar-refractivity contribution is -0.572. The van der Waals surface area contributed by atoms with Crippen LogP contribution in [0.25, 0.3) is 83.4 Å². The molecule has 0 aliphatic rings. The van der Waals surface area contributed by atoms with Gasteiger partial charge in [0.1, 0.15) is 17.3 Å². The highest BCUT2D eigenvalue weighted by atomic mass is 16.5. The molecule has 3 heterocycles. The summed E-state index contributed by atoms with van der Waals surface area (Å²) >= 11 is 0. The minimum Gasteiger partial charge on any atom is -0.458 e. The van der Waals surface area contributed by atoms with E-state index in [1.54, 1.807) is 0 Å². The molecular formula is C75H78N4O. The molecule has 0 amide bonds. The second-order valence-corrected chi connectivity index (χ2v) is 26.7. The number of fused-ring (bicyclic) bond motifs is 4. The highest BCUT2D eigenvalue weighted by Gasteiger charge is 2.30. The number of nitrogens with zero attached hydrogens (tertiary/aromatic N) is 4. The minimum atomic E-state index is -2.75. The van der Waals surface area contributed by atoms with Crippen molar-refractivity contribution in [2.24, 2.45) is 0 Å². The number of benzene rings is 8. The van der Waals surface area contributed by atoms with E-state index in [4.69, 9.17) is 20.7 Å². The summed E-state index contributed by atoms with van der Waals surface area (Å²) in [6.07, 6.45) is 5.28. The summed E-state index contributed by atoms with van der Waals surface area (Å²) < 4.78 is 81.6. The van der Waals surface area contributed by atoms with Crippen molar-refractivity contribution in [3.8, 4) is 62.1 Å². The number of pyridine rings is 1. The molecule has 8 aromatic carbocycles. The molecule has 0 aliphatic heterocycles. The van der Waals surface area contributed by atoms with Crippen LogP contribution < -0.4 is 9.30 Å². The molecule has 0 saturated carbocycles. The van der Waals surface area contributed by atoms with Gasteiger partial charge >= 0.3 is 0 Å². The van der Waals surface area contributed by atoms with Crippen molar-refractivity contribution in [1.82, 2.24) is 14.1 Å². The Balaban J connectivity index is 1.11. The number of para-hydroxylation sites is 1. The maximum Gasteiger partial charge on any atom is 0.269 e. The standard InChI is InChI=1S/C75H78N4O/c1-48-36-69(76-46-63(48)49-24-18-17-19-25-49)79-65-31-21-20-30-60(65)61-34-33-59(45-67(61)79)80-58-29-23-28-57(44-58)77-47-78(66-35-32-50(40-68(66)77)52-38-54(72(5,6)7)41-55(39-52)73(8,9)10)70-62(51-26-22-27-53(37-51)71(2,3)4)42-56(74(11,12)13)43-64(70)75(14,15)16/h17-46H,1-16H3/i1D3,17D,18D,19D,24D,25D. The largest absolute Gasteiger partial charge is 0.458 e. The Bertz CT molecular complexity index is 4550. The van der Waals surface area contributed by atoms with Crippen LogP contribution in [0.5, 0.6) is 11.5 Å². The van der Waals surface area contributed by atoms with E-state index in [0.717, 1.165) is 61.0 Å². The molecule has 5 heteroatoms. The lowest BCUT2D eigenvalue weighted by atomic mass is 9.77. The highest BCUT2D eigenvalue weighted by Crippen LogP contribution is 2.43. The van der Waals surface area contributed by atoms with Gasteiger partial charge in [0.15, 0.2) is 0 Å². The number of hydrogen-bond acceptors (Lipinski definition) is 2. The van der Waals surface area contributed by atoms with Crippen molar-refractivity contribution in [3.05, 3.63) is 222 Å². The zero-order valence-electron chi connectivity index (χ0n) is 57.1. The quantitative estimate of drug-likeness (QED) is 0.112. The van der Waals surface area contributed by atoms with E-state index in [1.807, 2.05) is 65.2 Å². The van der Waals surface area contributed by atoms with E-state index in [9.17, 15) is 0 Å². The first-order valence-electron chi connectivity index (χ1n) is 31.9. The topological polar surface area (TPSA) is 35.9 Å². The van der Waals surface area contributed by atoms with Gasteiger partial charge in [-0.05, 0) is 144 Å². The van der Waals surface area contributed by atoms with Gasteiger partial charge in [-0.15, -0.1) is 0 Å². The lowest BCUT2D eigenvalue weighted by Gasteiger charge is -2.30. The van der Waals surface area contributed by atoms with Gasteiger partial charge in [0.25, 0.3) is 6.33 Å². The van der Waals surface area contributed by atoms with Gasteiger partial charge in [0, 0.05) is 32.7 Å². The van der Waals surface area contributed by atoms with Crippen molar-refractivity contribution in [2.75, 3.05) is 0 Å². The van der Waals surface area contributed by atoms with E-state index in [-0.39, 0.29) is 49.6 Å². The molecule has 0 atom stereocenters. The number of rotatable bonds is 8. The molecule has 3 aromatic heterocycles. The summed E-state index contributed by atoms with van der Waals surface area (Å²) in [6, 6.07) is 48.1. The third-order valence-corrected chi connectivity index (χ3v) is 15.5. The molecule has 0 N–H and O–H groups in total. The fourth-order valence-electron chi connectivity index (χ4n) is 10.8. The van der Waals surface area contributed by atoms with E-state index >= 15 is 0 Å². The van der Waals surface area contributed by atoms with Gasteiger partial charge in [-0.1, -0.05) is 225 Å². The lowest BCUT2D eigenvalue weighted by Crippen LogP contribution is -2.35. The highest BCUT2D eigenvalue weighted by molar-refractivity contribution is 6.09. The SMILES string of the molecule is [2H]c1c([2H])c([2H])c(-c2cnc(-n3c4ccccc4c4ccc(Oc5cccc(-n6[c-][n+](-c7c(-c8cccc(C(C)(C)C)c8)cc(C(C)(C)C)cc7C(C)(C)C)c7ccc(-c8cc(C(C)(C)C)cc(C(C)(C)C)c8)cc76)c5)cc43)cc2C([2H])([2H])[2H])c([2H])c1[2H]. The van der Waals surface area contributed by atoms with Crippen LogP contribution in [0.3, 0.4) is 0 Å². The van der Waals surface area contributed by atoms with Crippen LogP contribution in [0.4, 0.5) is 0 Å². The van der Waals surface area contributed by atoms with Crippen molar-refractivity contribution >= 4 is 32.8 Å². The Morgan fingerprint density at radius 1 is 0.487 bits per heavy atom. The van der Waals surface area contributed by atoms with E-state index in [1.165, 1.54) is 40.1 Å². The fraction of sp³-hybridized carbons (Fsp3) is 0.280. The molecule has 0 radical (unpaired) electrons. The molecule has 0 saturated heterocycles. The monoisotopic (exact) mass is 1060 g/mol. The van der Waals surface area contributed by atoms with Crippen LogP contribution in [0.2, 0.25) is 0 Å². The normalized spacial score (nSPS) is 14.3. The molecular weight excluding hydrogens is 973 g/mol. The molecule has 11 aromatic rings. The summed E-state index contributed by atoms with van der Waals surface area (Å²) in [6.45, 7) is 31.4. The summed E-state index contributed by atoms with van der Waals surface area (Å²) in [5.74, 6) is 1.35. The first-order valence-corrected chi connectivity index (χ1v) is 27.9. The van der Waals surface area contributed by atoms with E-state index in [2.05, 4.69) is 198 Å². The van der Waals surface area contributed by atoms with Crippen molar-refractivity contribution in [2.45, 2.75) is 138 Å². The molecule has 5 nitrogen and oxygen atoms in total. The second-order valence-electron chi connectivity index (χ2n) is 26.7. The summed E-state index contributed by atoms with van der Waals surface area (Å²) in [5, 5.41) is 1.77. The smallest absolute Gasteiger partial charge is 0.269 e. The van der Waals surface area contributed by atoms with Crippen molar-refractivity contribution in [1.29, 1.82) is 0 Å². The van der Waals surface area contributed by atoms with Crippen LogP contribution in [0.15, 0.2) is 182 Å². The number of aryl methyl sites for hydroxylation is 1. The Morgan fingerprint density at radius 3 is 1.82 bits per heavy atom. The zero-order valence-corrected chi connectivity index (χ0v) is 49.1. The second kappa shape index (κ2) is 19.7. The van der Waals surface area contributed by atoms with Crippen LogP contribution in [0.1, 0.15) is 148 Å². The number of hydrogen-bond donors (Lipinski definition) is 0. The fourth-order valence-corrected chi connectivity index (χ4v) is 10.8. The van der Waals surface area contributed by atoms with Crippen LogP contribution in [0, 0.1) is 13.2 Å². The van der Waals surface area contributed by atoms with Crippen LogP contribution in [-0.4, -0.2) is 14.1 Å². The maximum absolute atomic E-state index is 8.72.